The second-order valence-corrected chi connectivity index (χ2v) is 6.11. The molecule has 0 unspecified atom stereocenters. The maximum atomic E-state index is 14.7. The monoisotopic (exact) mass is 284 g/mol. The molecular formula is C13H21FN4O2. The Labute approximate surface area is 117 Å². The number of halogens is 1. The number of amides is 2. The number of aliphatic imine (C=N–C) groups is 1. The molecule has 2 rings (SSSR count). The summed E-state index contributed by atoms with van der Waals surface area (Å²) in [5.74, 6) is -0.424. The average Bonchev–Trinajstić information content (AvgIpc) is 2.97. The maximum absolute atomic E-state index is 14.7. The number of nitrogens with two attached hydrogens (primary N) is 1. The van der Waals surface area contributed by atoms with Crippen molar-refractivity contribution in [1.82, 2.24) is 10.2 Å². The summed E-state index contributed by atoms with van der Waals surface area (Å²) in [5.41, 5.74) is 2.76. The molecule has 0 aromatic heterocycles. The third-order valence-electron chi connectivity index (χ3n) is 3.93. The highest BCUT2D eigenvalue weighted by molar-refractivity contribution is 5.93. The van der Waals surface area contributed by atoms with Crippen LogP contribution in [0.5, 0.6) is 0 Å². The van der Waals surface area contributed by atoms with Crippen LogP contribution in [0.4, 0.5) is 4.39 Å². The van der Waals surface area contributed by atoms with Crippen molar-refractivity contribution in [3.63, 3.8) is 0 Å². The molecule has 1 atom stereocenters. The zero-order chi connectivity index (χ0) is 15.0. The second-order valence-electron chi connectivity index (χ2n) is 6.11. The smallest absolute Gasteiger partial charge is 0.223 e. The Bertz CT molecular complexity index is 463. The number of carbonyl (C=O) groups is 2. The minimum atomic E-state index is -1.58. The first-order valence-corrected chi connectivity index (χ1v) is 6.80. The zero-order valence-corrected chi connectivity index (χ0v) is 11.9. The van der Waals surface area contributed by atoms with Gasteiger partial charge in [-0.15, -0.1) is 0 Å². The van der Waals surface area contributed by atoms with Crippen LogP contribution >= 0.6 is 0 Å². The fraction of sp³-hybridized carbons (Fsp3) is 0.769. The van der Waals surface area contributed by atoms with Gasteiger partial charge < -0.3 is 16.0 Å². The summed E-state index contributed by atoms with van der Waals surface area (Å²) in [6.07, 6.45) is 0.236. The van der Waals surface area contributed by atoms with Crippen LogP contribution in [0, 0.1) is 5.41 Å². The highest BCUT2D eigenvalue weighted by Crippen LogP contribution is 2.30. The molecule has 1 saturated heterocycles. The van der Waals surface area contributed by atoms with E-state index in [1.54, 1.807) is 13.8 Å². The van der Waals surface area contributed by atoms with Gasteiger partial charge in [0.05, 0.1) is 18.5 Å². The number of nitrogens with one attached hydrogen (secondary N) is 1. The maximum Gasteiger partial charge on any atom is 0.223 e. The van der Waals surface area contributed by atoms with E-state index >= 15 is 0 Å². The first-order chi connectivity index (χ1) is 9.24. The molecule has 2 aliphatic heterocycles. The molecule has 0 aromatic rings. The largest absolute Gasteiger partial charge is 0.369 e. The molecule has 2 amide bonds. The van der Waals surface area contributed by atoms with Crippen LogP contribution in [-0.4, -0.2) is 54.4 Å². The lowest BCUT2D eigenvalue weighted by Crippen LogP contribution is -2.45. The number of amidine groups is 1. The number of hydrogen-bond acceptors (Lipinski definition) is 4. The molecule has 7 heteroatoms. The van der Waals surface area contributed by atoms with Gasteiger partial charge >= 0.3 is 0 Å². The van der Waals surface area contributed by atoms with Gasteiger partial charge in [0.25, 0.3) is 0 Å². The van der Waals surface area contributed by atoms with Crippen molar-refractivity contribution in [2.45, 2.75) is 32.4 Å². The predicted octanol–water partition coefficient (Wildman–Crippen LogP) is -0.170. The summed E-state index contributed by atoms with van der Waals surface area (Å²) >= 11 is 0. The van der Waals surface area contributed by atoms with E-state index in [-0.39, 0.29) is 25.3 Å². The molecule has 0 aliphatic carbocycles. The molecule has 20 heavy (non-hydrogen) atoms. The van der Waals surface area contributed by atoms with Crippen LogP contribution in [0.3, 0.4) is 0 Å². The van der Waals surface area contributed by atoms with Gasteiger partial charge in [0.15, 0.2) is 5.67 Å². The number of alkyl halides is 1. The molecule has 0 aromatic carbocycles. The van der Waals surface area contributed by atoms with E-state index in [1.165, 1.54) is 4.90 Å². The SMILES string of the molecule is CC(C)(CC(=O)N1CC[C@](F)(C2=NCCN2)C1)C(N)=O. The van der Waals surface area contributed by atoms with Gasteiger partial charge in [-0.2, -0.15) is 0 Å². The zero-order valence-electron chi connectivity index (χ0n) is 11.9. The van der Waals surface area contributed by atoms with Crippen molar-refractivity contribution in [1.29, 1.82) is 0 Å². The van der Waals surface area contributed by atoms with E-state index in [4.69, 9.17) is 5.73 Å². The molecule has 6 nitrogen and oxygen atoms in total. The Morgan fingerprint density at radius 3 is 2.80 bits per heavy atom. The average molecular weight is 284 g/mol. The van der Waals surface area contributed by atoms with Crippen molar-refractivity contribution in [3.8, 4) is 0 Å². The number of primary amides is 1. The number of carbonyl (C=O) groups excluding carboxylic acids is 2. The van der Waals surface area contributed by atoms with Crippen molar-refractivity contribution in [2.75, 3.05) is 26.2 Å². The van der Waals surface area contributed by atoms with Crippen LogP contribution in [-0.2, 0) is 9.59 Å². The molecule has 1 fully saturated rings. The second kappa shape index (κ2) is 5.03. The molecule has 3 N–H and O–H groups in total. The Balaban J connectivity index is 1.99. The third-order valence-corrected chi connectivity index (χ3v) is 3.93. The van der Waals surface area contributed by atoms with Crippen LogP contribution in [0.2, 0.25) is 0 Å². The molecule has 0 saturated carbocycles. The number of hydrogen-bond donors (Lipinski definition) is 2. The van der Waals surface area contributed by atoms with Gasteiger partial charge in [-0.1, -0.05) is 13.8 Å². The van der Waals surface area contributed by atoms with Gasteiger partial charge in [0, 0.05) is 25.9 Å². The van der Waals surface area contributed by atoms with Crippen molar-refractivity contribution in [3.05, 3.63) is 0 Å². The molecular weight excluding hydrogens is 263 g/mol. The lowest BCUT2D eigenvalue weighted by molar-refractivity contribution is -0.138. The van der Waals surface area contributed by atoms with E-state index in [1.807, 2.05) is 0 Å². The molecule has 2 aliphatic rings. The fourth-order valence-electron chi connectivity index (χ4n) is 2.45. The van der Waals surface area contributed by atoms with Crippen molar-refractivity contribution in [2.24, 2.45) is 16.1 Å². The van der Waals surface area contributed by atoms with Gasteiger partial charge in [-0.25, -0.2) is 4.39 Å². The lowest BCUT2D eigenvalue weighted by Gasteiger charge is -2.25. The minimum absolute atomic E-state index is 0.00167. The van der Waals surface area contributed by atoms with Crippen LogP contribution in [0.1, 0.15) is 26.7 Å². The summed E-state index contributed by atoms with van der Waals surface area (Å²) in [6, 6.07) is 0. The minimum Gasteiger partial charge on any atom is -0.369 e. The molecule has 0 spiro atoms. The van der Waals surface area contributed by atoms with Gasteiger partial charge in [0.1, 0.15) is 5.84 Å². The van der Waals surface area contributed by atoms with E-state index in [0.29, 0.717) is 25.5 Å². The molecule has 0 radical (unpaired) electrons. The Kier molecular flexibility index (Phi) is 3.71. The third kappa shape index (κ3) is 2.76. The standard InChI is InChI=1S/C13H21FN4O2/c1-12(2,10(15)20)7-9(19)18-6-3-13(14,8-18)11-16-4-5-17-11/h3-8H2,1-2H3,(H2,15,20)(H,16,17)/t13-/m1/s1. The van der Waals surface area contributed by atoms with Gasteiger partial charge in [-0.3, -0.25) is 14.6 Å². The first kappa shape index (κ1) is 14.7. The Hall–Kier alpha value is -1.66. The van der Waals surface area contributed by atoms with Gasteiger partial charge in [-0.05, 0) is 0 Å². The van der Waals surface area contributed by atoms with Crippen LogP contribution in [0.25, 0.3) is 0 Å². The van der Waals surface area contributed by atoms with Crippen molar-refractivity contribution >= 4 is 17.6 Å². The predicted molar refractivity (Wildman–Crippen MR) is 72.9 cm³/mol. The summed E-state index contributed by atoms with van der Waals surface area (Å²) in [7, 11) is 0. The summed E-state index contributed by atoms with van der Waals surface area (Å²) in [5, 5.41) is 2.93. The van der Waals surface area contributed by atoms with Crippen molar-refractivity contribution < 1.29 is 14.0 Å². The molecule has 2 heterocycles. The Morgan fingerprint density at radius 2 is 2.25 bits per heavy atom. The molecule has 112 valence electrons. The van der Waals surface area contributed by atoms with E-state index in [9.17, 15) is 14.0 Å². The summed E-state index contributed by atoms with van der Waals surface area (Å²) < 4.78 is 14.7. The number of rotatable bonds is 4. The normalized spacial score (nSPS) is 26.4. The summed E-state index contributed by atoms with van der Waals surface area (Å²) in [4.78, 5) is 29.0. The van der Waals surface area contributed by atoms with Gasteiger partial charge in [0.2, 0.25) is 11.8 Å². The van der Waals surface area contributed by atoms with Crippen LogP contribution in [0.15, 0.2) is 4.99 Å². The topological polar surface area (TPSA) is 87.8 Å². The highest BCUT2D eigenvalue weighted by Gasteiger charge is 2.46. The quantitative estimate of drug-likeness (QED) is 0.751. The number of nitrogens with zero attached hydrogens (tertiary/aromatic N) is 2. The van der Waals surface area contributed by atoms with E-state index in [0.717, 1.165) is 0 Å². The van der Waals surface area contributed by atoms with E-state index in [2.05, 4.69) is 10.3 Å². The Morgan fingerprint density at radius 1 is 1.55 bits per heavy atom. The molecule has 0 bridgehead atoms. The lowest BCUT2D eigenvalue weighted by atomic mass is 9.88. The van der Waals surface area contributed by atoms with E-state index < -0.39 is 17.0 Å². The highest BCUT2D eigenvalue weighted by atomic mass is 19.1. The summed E-state index contributed by atoms with van der Waals surface area (Å²) in [6.45, 7) is 4.79. The van der Waals surface area contributed by atoms with Crippen LogP contribution < -0.4 is 11.1 Å². The first-order valence-electron chi connectivity index (χ1n) is 6.80. The number of likely N-dealkylation sites (tertiary alicyclic amines) is 1. The fourth-order valence-corrected chi connectivity index (χ4v) is 2.45.